The Morgan fingerprint density at radius 2 is 2.00 bits per heavy atom. The van der Waals surface area contributed by atoms with Gasteiger partial charge in [0.1, 0.15) is 0 Å². The van der Waals surface area contributed by atoms with Crippen LogP contribution in [0.3, 0.4) is 0 Å². The number of carboxylic acids is 1. The molecule has 1 atom stereocenters. The standard InChI is InChI=1S/C19H21NO3/c21-11-10-20(13-14-4-3-6-16(12-14)19(22)23)18-9-8-15-5-1-2-7-17(15)18/h1-7,12,18,21H,8-11,13H2,(H,22,23). The van der Waals surface area contributed by atoms with Crippen LogP contribution < -0.4 is 0 Å². The molecule has 0 saturated heterocycles. The summed E-state index contributed by atoms with van der Waals surface area (Å²) >= 11 is 0. The zero-order valence-corrected chi connectivity index (χ0v) is 13.0. The first-order chi connectivity index (χ1) is 11.2. The summed E-state index contributed by atoms with van der Waals surface area (Å²) in [4.78, 5) is 13.4. The van der Waals surface area contributed by atoms with Gasteiger partial charge in [0.15, 0.2) is 0 Å². The average Bonchev–Trinajstić information content (AvgIpc) is 2.99. The van der Waals surface area contributed by atoms with Crippen molar-refractivity contribution in [2.75, 3.05) is 13.2 Å². The fraction of sp³-hybridized carbons (Fsp3) is 0.316. The summed E-state index contributed by atoms with van der Waals surface area (Å²) in [5.41, 5.74) is 3.97. The minimum absolute atomic E-state index is 0.0945. The Hall–Kier alpha value is -2.17. The van der Waals surface area contributed by atoms with Gasteiger partial charge in [-0.2, -0.15) is 0 Å². The number of aliphatic hydroxyl groups is 1. The highest BCUT2D eigenvalue weighted by atomic mass is 16.4. The van der Waals surface area contributed by atoms with Crippen LogP contribution in [0.1, 0.15) is 39.5 Å². The van der Waals surface area contributed by atoms with Crippen LogP contribution in [-0.2, 0) is 13.0 Å². The first-order valence-electron chi connectivity index (χ1n) is 7.94. The van der Waals surface area contributed by atoms with Crippen LogP contribution in [0.4, 0.5) is 0 Å². The van der Waals surface area contributed by atoms with Gasteiger partial charge in [-0.1, -0.05) is 36.4 Å². The first kappa shape index (κ1) is 15.7. The van der Waals surface area contributed by atoms with Crippen LogP contribution in [0.5, 0.6) is 0 Å². The quantitative estimate of drug-likeness (QED) is 0.861. The number of hydrogen-bond acceptors (Lipinski definition) is 3. The molecule has 0 heterocycles. The molecule has 1 unspecified atom stereocenters. The Bertz CT molecular complexity index is 699. The van der Waals surface area contributed by atoms with E-state index in [9.17, 15) is 9.90 Å². The number of aryl methyl sites for hydroxylation is 1. The van der Waals surface area contributed by atoms with Crippen molar-refractivity contribution in [1.82, 2.24) is 4.90 Å². The maximum absolute atomic E-state index is 11.1. The molecular weight excluding hydrogens is 290 g/mol. The number of fused-ring (bicyclic) bond motifs is 1. The monoisotopic (exact) mass is 311 g/mol. The highest BCUT2D eigenvalue weighted by molar-refractivity contribution is 5.87. The maximum atomic E-state index is 11.1. The van der Waals surface area contributed by atoms with Gasteiger partial charge in [-0.15, -0.1) is 0 Å². The van der Waals surface area contributed by atoms with Crippen LogP contribution in [-0.4, -0.2) is 34.2 Å². The minimum atomic E-state index is -0.910. The van der Waals surface area contributed by atoms with Gasteiger partial charge < -0.3 is 10.2 Å². The second-order valence-corrected chi connectivity index (χ2v) is 5.95. The van der Waals surface area contributed by atoms with E-state index in [1.807, 2.05) is 6.07 Å². The zero-order chi connectivity index (χ0) is 16.2. The Morgan fingerprint density at radius 1 is 1.17 bits per heavy atom. The normalized spacial score (nSPS) is 16.5. The predicted molar refractivity (Wildman–Crippen MR) is 88.4 cm³/mol. The third-order valence-corrected chi connectivity index (χ3v) is 4.49. The van der Waals surface area contributed by atoms with Gasteiger partial charge in [0.25, 0.3) is 0 Å². The van der Waals surface area contributed by atoms with E-state index in [2.05, 4.69) is 29.2 Å². The Balaban J connectivity index is 1.83. The molecule has 3 rings (SSSR count). The summed E-state index contributed by atoms with van der Waals surface area (Å²) in [6, 6.07) is 15.8. The maximum Gasteiger partial charge on any atom is 0.335 e. The molecule has 120 valence electrons. The number of hydrogen-bond donors (Lipinski definition) is 2. The van der Waals surface area contributed by atoms with E-state index >= 15 is 0 Å². The SMILES string of the molecule is O=C(O)c1cccc(CN(CCO)C2CCc3ccccc32)c1. The topological polar surface area (TPSA) is 60.8 Å². The van der Waals surface area contributed by atoms with Crippen molar-refractivity contribution in [2.45, 2.75) is 25.4 Å². The van der Waals surface area contributed by atoms with Crippen molar-refractivity contribution in [3.8, 4) is 0 Å². The molecular formula is C19H21NO3. The van der Waals surface area contributed by atoms with Gasteiger partial charge in [-0.25, -0.2) is 4.79 Å². The second-order valence-electron chi connectivity index (χ2n) is 5.95. The van der Waals surface area contributed by atoms with Gasteiger partial charge in [0.05, 0.1) is 12.2 Å². The Kier molecular flexibility index (Phi) is 4.74. The summed E-state index contributed by atoms with van der Waals surface area (Å²) in [5.74, 6) is -0.910. The van der Waals surface area contributed by atoms with Crippen LogP contribution >= 0.6 is 0 Å². The number of nitrogens with zero attached hydrogens (tertiary/aromatic N) is 1. The van der Waals surface area contributed by atoms with Crippen LogP contribution in [0.2, 0.25) is 0 Å². The lowest BCUT2D eigenvalue weighted by molar-refractivity contribution is 0.0696. The fourth-order valence-corrected chi connectivity index (χ4v) is 3.42. The zero-order valence-electron chi connectivity index (χ0n) is 13.0. The van der Waals surface area contributed by atoms with Crippen LogP contribution in [0.25, 0.3) is 0 Å². The molecule has 0 saturated carbocycles. The molecule has 1 aliphatic rings. The Labute approximate surface area is 136 Å². The lowest BCUT2D eigenvalue weighted by Crippen LogP contribution is -2.30. The largest absolute Gasteiger partial charge is 0.478 e. The lowest BCUT2D eigenvalue weighted by atomic mass is 10.0. The molecule has 0 bridgehead atoms. The van der Waals surface area contributed by atoms with E-state index in [0.29, 0.717) is 18.7 Å². The van der Waals surface area contributed by atoms with Crippen molar-refractivity contribution >= 4 is 5.97 Å². The summed E-state index contributed by atoms with van der Waals surface area (Å²) in [6.45, 7) is 1.31. The third-order valence-electron chi connectivity index (χ3n) is 4.49. The summed E-state index contributed by atoms with van der Waals surface area (Å²) in [7, 11) is 0. The molecule has 0 fully saturated rings. The number of carbonyl (C=O) groups is 1. The van der Waals surface area contributed by atoms with E-state index in [1.165, 1.54) is 11.1 Å². The second kappa shape index (κ2) is 6.94. The van der Waals surface area contributed by atoms with E-state index in [4.69, 9.17) is 5.11 Å². The Morgan fingerprint density at radius 3 is 2.78 bits per heavy atom. The predicted octanol–water partition coefficient (Wildman–Crippen LogP) is 2.87. The van der Waals surface area contributed by atoms with E-state index in [0.717, 1.165) is 18.4 Å². The number of benzene rings is 2. The van der Waals surface area contributed by atoms with Gasteiger partial charge in [0, 0.05) is 19.1 Å². The minimum Gasteiger partial charge on any atom is -0.478 e. The molecule has 0 spiro atoms. The van der Waals surface area contributed by atoms with Crippen molar-refractivity contribution in [2.24, 2.45) is 0 Å². The average molecular weight is 311 g/mol. The number of carboxylic acid groups (broad SMARTS) is 1. The van der Waals surface area contributed by atoms with Crippen molar-refractivity contribution < 1.29 is 15.0 Å². The summed E-state index contributed by atoms with van der Waals surface area (Å²) in [5, 5.41) is 18.6. The molecule has 2 N–H and O–H groups in total. The van der Waals surface area contributed by atoms with Crippen molar-refractivity contribution in [1.29, 1.82) is 0 Å². The molecule has 4 heteroatoms. The van der Waals surface area contributed by atoms with Gasteiger partial charge in [-0.05, 0) is 41.7 Å². The van der Waals surface area contributed by atoms with Crippen molar-refractivity contribution in [3.05, 3.63) is 70.8 Å². The molecule has 2 aromatic carbocycles. The van der Waals surface area contributed by atoms with E-state index in [-0.39, 0.29) is 12.6 Å². The number of aliphatic hydroxyl groups excluding tert-OH is 1. The molecule has 0 radical (unpaired) electrons. The summed E-state index contributed by atoms with van der Waals surface area (Å²) in [6.07, 6.45) is 2.09. The number of rotatable bonds is 6. The van der Waals surface area contributed by atoms with Crippen molar-refractivity contribution in [3.63, 3.8) is 0 Å². The molecule has 4 nitrogen and oxygen atoms in total. The molecule has 23 heavy (non-hydrogen) atoms. The number of aromatic carboxylic acids is 1. The molecule has 0 amide bonds. The van der Waals surface area contributed by atoms with Crippen LogP contribution in [0, 0.1) is 0 Å². The van der Waals surface area contributed by atoms with Gasteiger partial charge in [-0.3, -0.25) is 4.90 Å². The van der Waals surface area contributed by atoms with Gasteiger partial charge >= 0.3 is 5.97 Å². The highest BCUT2D eigenvalue weighted by Gasteiger charge is 2.27. The molecule has 0 aliphatic heterocycles. The first-order valence-corrected chi connectivity index (χ1v) is 7.94. The summed E-state index contributed by atoms with van der Waals surface area (Å²) < 4.78 is 0. The van der Waals surface area contributed by atoms with E-state index < -0.39 is 5.97 Å². The molecule has 0 aromatic heterocycles. The fourth-order valence-electron chi connectivity index (χ4n) is 3.42. The lowest BCUT2D eigenvalue weighted by Gasteiger charge is -2.29. The van der Waals surface area contributed by atoms with Gasteiger partial charge in [0.2, 0.25) is 0 Å². The highest BCUT2D eigenvalue weighted by Crippen LogP contribution is 2.36. The van der Waals surface area contributed by atoms with E-state index in [1.54, 1.807) is 18.2 Å². The smallest absolute Gasteiger partial charge is 0.335 e. The molecule has 1 aliphatic carbocycles. The van der Waals surface area contributed by atoms with Crippen LogP contribution in [0.15, 0.2) is 48.5 Å². The molecule has 2 aromatic rings. The third kappa shape index (κ3) is 3.44.